The summed E-state index contributed by atoms with van der Waals surface area (Å²) in [5.74, 6) is 0.437. The third-order valence-electron chi connectivity index (χ3n) is 5.80. The average Bonchev–Trinajstić information content (AvgIpc) is 3.52. The molecule has 2 atom stereocenters. The van der Waals surface area contributed by atoms with E-state index < -0.39 is 11.8 Å². The Hall–Kier alpha value is -3.75. The van der Waals surface area contributed by atoms with Crippen LogP contribution >= 0.6 is 0 Å². The van der Waals surface area contributed by atoms with Crippen LogP contribution in [0.4, 0.5) is 11.9 Å². The first-order valence-electron chi connectivity index (χ1n) is 9.69. The molecule has 0 saturated heterocycles. The molecule has 2 bridgehead atoms. The van der Waals surface area contributed by atoms with Crippen molar-refractivity contribution in [2.75, 3.05) is 10.6 Å². The Bertz CT molecular complexity index is 1070. The number of allylic oxidation sites excluding steroid dienone is 2. The zero-order valence-corrected chi connectivity index (χ0v) is 16.2. The van der Waals surface area contributed by atoms with Crippen LogP contribution < -0.4 is 10.6 Å². The van der Waals surface area contributed by atoms with E-state index in [2.05, 4.69) is 38.6 Å². The molecule has 2 N–H and O–H groups in total. The highest BCUT2D eigenvalue weighted by atomic mass is 16.3. The molecule has 152 valence electrons. The number of carbonyl (C=O) groups is 2. The number of nitrogens with zero attached hydrogens (tertiary/aromatic N) is 3. The lowest BCUT2D eigenvalue weighted by Crippen LogP contribution is -2.28. The maximum atomic E-state index is 12.4. The van der Waals surface area contributed by atoms with E-state index >= 15 is 0 Å². The van der Waals surface area contributed by atoms with Gasteiger partial charge in [0.05, 0.1) is 17.9 Å². The van der Waals surface area contributed by atoms with E-state index in [4.69, 9.17) is 8.83 Å². The molecule has 3 aromatic rings. The first-order valence-corrected chi connectivity index (χ1v) is 9.69. The van der Waals surface area contributed by atoms with Crippen molar-refractivity contribution in [1.29, 1.82) is 0 Å². The molecule has 3 aromatic heterocycles. The summed E-state index contributed by atoms with van der Waals surface area (Å²) < 4.78 is 10.3. The summed E-state index contributed by atoms with van der Waals surface area (Å²) in [7, 11) is 0. The quantitative estimate of drug-likeness (QED) is 0.622. The molecule has 1 fully saturated rings. The van der Waals surface area contributed by atoms with Gasteiger partial charge in [0.1, 0.15) is 5.82 Å². The predicted octanol–water partition coefficient (Wildman–Crippen LogP) is 3.56. The number of hydrogen-bond acceptors (Lipinski definition) is 7. The second-order valence-corrected chi connectivity index (χ2v) is 7.60. The molecule has 3 heterocycles. The summed E-state index contributed by atoms with van der Waals surface area (Å²) in [5, 5.41) is 5.27. The SMILES string of the molecule is CC1=CC2CCC1(c1nc(NC(=O)c3ccco3)nc(NC(=O)c3ccco3)n1)C2. The minimum absolute atomic E-state index is 0.0497. The van der Waals surface area contributed by atoms with E-state index in [1.807, 2.05) is 0 Å². The van der Waals surface area contributed by atoms with Gasteiger partial charge >= 0.3 is 0 Å². The summed E-state index contributed by atoms with van der Waals surface area (Å²) in [4.78, 5) is 38.2. The maximum Gasteiger partial charge on any atom is 0.293 e. The largest absolute Gasteiger partial charge is 0.459 e. The van der Waals surface area contributed by atoms with E-state index in [9.17, 15) is 9.59 Å². The van der Waals surface area contributed by atoms with Gasteiger partial charge < -0.3 is 8.83 Å². The molecule has 0 aromatic carbocycles. The van der Waals surface area contributed by atoms with Crippen molar-refractivity contribution < 1.29 is 18.4 Å². The lowest BCUT2D eigenvalue weighted by molar-refractivity contribution is 0.0989. The zero-order valence-electron chi connectivity index (χ0n) is 16.2. The van der Waals surface area contributed by atoms with E-state index in [0.717, 1.165) is 19.3 Å². The van der Waals surface area contributed by atoms with Crippen molar-refractivity contribution in [2.45, 2.75) is 31.6 Å². The van der Waals surface area contributed by atoms with Gasteiger partial charge in [-0.1, -0.05) is 11.6 Å². The topological polar surface area (TPSA) is 123 Å². The molecule has 2 unspecified atom stereocenters. The summed E-state index contributed by atoms with van der Waals surface area (Å²) >= 11 is 0. The standard InChI is InChI=1S/C21H19N5O4/c1-12-10-13-6-7-21(12,11-13)18-24-19(22-16(27)14-4-2-8-29-14)26-20(25-18)23-17(28)15-5-3-9-30-15/h2-5,8-10,13H,6-7,11H2,1H3,(H2,22,23,24,25,26,27,28). The molecule has 2 aliphatic rings. The Kier molecular flexibility index (Phi) is 4.23. The van der Waals surface area contributed by atoms with Crippen LogP contribution in [0, 0.1) is 5.92 Å². The first kappa shape index (κ1) is 18.3. The number of amides is 2. The minimum atomic E-state index is -0.485. The van der Waals surface area contributed by atoms with Crippen molar-refractivity contribution in [2.24, 2.45) is 5.92 Å². The Morgan fingerprint density at radius 2 is 1.60 bits per heavy atom. The van der Waals surface area contributed by atoms with Gasteiger partial charge in [0.15, 0.2) is 11.5 Å². The zero-order chi connectivity index (χ0) is 20.7. The van der Waals surface area contributed by atoms with Crippen LogP contribution in [-0.2, 0) is 5.41 Å². The minimum Gasteiger partial charge on any atom is -0.459 e. The van der Waals surface area contributed by atoms with Gasteiger partial charge in [0, 0.05) is 0 Å². The molecule has 0 aliphatic heterocycles. The van der Waals surface area contributed by atoms with Gasteiger partial charge in [0.25, 0.3) is 11.8 Å². The summed E-state index contributed by atoms with van der Waals surface area (Å²) in [6.45, 7) is 2.07. The second-order valence-electron chi connectivity index (χ2n) is 7.60. The van der Waals surface area contributed by atoms with Crippen LogP contribution in [0.1, 0.15) is 53.1 Å². The van der Waals surface area contributed by atoms with Gasteiger partial charge in [-0.05, 0) is 56.4 Å². The first-order chi connectivity index (χ1) is 14.5. The van der Waals surface area contributed by atoms with Gasteiger partial charge in [-0.2, -0.15) is 15.0 Å². The number of furan rings is 2. The van der Waals surface area contributed by atoms with Crippen molar-refractivity contribution >= 4 is 23.7 Å². The lowest BCUT2D eigenvalue weighted by Gasteiger charge is -2.27. The molecule has 0 spiro atoms. The fourth-order valence-corrected chi connectivity index (χ4v) is 4.32. The van der Waals surface area contributed by atoms with Crippen molar-refractivity contribution in [1.82, 2.24) is 15.0 Å². The Labute approximate surface area is 171 Å². The summed E-state index contributed by atoms with van der Waals surface area (Å²) in [5.41, 5.74) is 0.902. The highest BCUT2D eigenvalue weighted by Gasteiger charge is 2.48. The van der Waals surface area contributed by atoms with Crippen LogP contribution in [0.25, 0.3) is 0 Å². The van der Waals surface area contributed by atoms with Crippen LogP contribution in [-0.4, -0.2) is 26.8 Å². The Morgan fingerprint density at radius 3 is 2.03 bits per heavy atom. The second kappa shape index (κ2) is 6.94. The number of nitrogens with one attached hydrogen (secondary N) is 2. The van der Waals surface area contributed by atoms with Crippen LogP contribution in [0.3, 0.4) is 0 Å². The fourth-order valence-electron chi connectivity index (χ4n) is 4.32. The molecule has 0 radical (unpaired) electrons. The van der Waals surface area contributed by atoms with E-state index in [-0.39, 0.29) is 28.8 Å². The van der Waals surface area contributed by atoms with Crippen molar-refractivity contribution in [3.63, 3.8) is 0 Å². The maximum absolute atomic E-state index is 12.4. The Morgan fingerprint density at radius 1 is 1.00 bits per heavy atom. The van der Waals surface area contributed by atoms with Crippen LogP contribution in [0.2, 0.25) is 0 Å². The fraction of sp³-hybridized carbons (Fsp3) is 0.286. The summed E-state index contributed by atoms with van der Waals surface area (Å²) in [6, 6.07) is 6.32. The predicted molar refractivity (Wildman–Crippen MR) is 106 cm³/mol. The van der Waals surface area contributed by atoms with Gasteiger partial charge in [-0.25, -0.2) is 0 Å². The number of rotatable bonds is 5. The molecular formula is C21H19N5O4. The lowest BCUT2D eigenvalue weighted by atomic mass is 9.80. The smallest absolute Gasteiger partial charge is 0.293 e. The molecule has 30 heavy (non-hydrogen) atoms. The normalized spacial score (nSPS) is 22.0. The molecule has 5 rings (SSSR count). The highest BCUT2D eigenvalue weighted by molar-refractivity contribution is 6.02. The number of aromatic nitrogens is 3. The third kappa shape index (κ3) is 3.08. The number of carbonyl (C=O) groups excluding carboxylic acids is 2. The van der Waals surface area contributed by atoms with Crippen molar-refractivity contribution in [3.8, 4) is 0 Å². The van der Waals surface area contributed by atoms with Gasteiger partial charge in [-0.3, -0.25) is 20.2 Å². The third-order valence-corrected chi connectivity index (χ3v) is 5.80. The van der Waals surface area contributed by atoms with E-state index in [1.165, 1.54) is 18.1 Å². The van der Waals surface area contributed by atoms with Crippen LogP contribution in [0.15, 0.2) is 57.3 Å². The number of fused-ring (bicyclic) bond motifs is 2. The number of anilines is 2. The summed E-state index contributed by atoms with van der Waals surface area (Å²) in [6.07, 6.45) is 7.97. The molecule has 9 nitrogen and oxygen atoms in total. The van der Waals surface area contributed by atoms with Crippen molar-refractivity contribution in [3.05, 3.63) is 65.8 Å². The van der Waals surface area contributed by atoms with Crippen LogP contribution in [0.5, 0.6) is 0 Å². The highest BCUT2D eigenvalue weighted by Crippen LogP contribution is 2.54. The van der Waals surface area contributed by atoms with Gasteiger partial charge in [0.2, 0.25) is 11.9 Å². The monoisotopic (exact) mass is 405 g/mol. The molecule has 1 saturated carbocycles. The molecular weight excluding hydrogens is 386 g/mol. The Balaban J connectivity index is 1.51. The van der Waals surface area contributed by atoms with E-state index in [0.29, 0.717) is 11.7 Å². The van der Waals surface area contributed by atoms with Gasteiger partial charge in [-0.15, -0.1) is 0 Å². The molecule has 2 amide bonds. The average molecular weight is 405 g/mol. The van der Waals surface area contributed by atoms with E-state index in [1.54, 1.807) is 24.3 Å². The number of hydrogen-bond donors (Lipinski definition) is 2. The molecule has 2 aliphatic carbocycles. The molecule has 9 heteroatoms.